The minimum Gasteiger partial charge on any atom is -0.481 e. The van der Waals surface area contributed by atoms with Crippen LogP contribution >= 0.6 is 11.8 Å². The van der Waals surface area contributed by atoms with Crippen molar-refractivity contribution < 1.29 is 14.7 Å². The van der Waals surface area contributed by atoms with Crippen molar-refractivity contribution in [3.05, 3.63) is 59.2 Å². The molecule has 0 amide bonds. The highest BCUT2D eigenvalue weighted by molar-refractivity contribution is 7.99. The van der Waals surface area contributed by atoms with Crippen LogP contribution in [0.15, 0.2) is 52.3 Å². The molecular formula is C18H16O3S. The average molecular weight is 312 g/mol. The molecule has 1 N–H and O–H groups in total. The Hall–Kier alpha value is -2.07. The van der Waals surface area contributed by atoms with Crippen molar-refractivity contribution in [3.63, 3.8) is 0 Å². The minimum absolute atomic E-state index is 0.0760. The fourth-order valence-electron chi connectivity index (χ4n) is 2.50. The van der Waals surface area contributed by atoms with E-state index in [1.54, 1.807) is 25.6 Å². The molecule has 0 atom stereocenters. The van der Waals surface area contributed by atoms with Crippen LogP contribution in [0.5, 0.6) is 0 Å². The highest BCUT2D eigenvalue weighted by Crippen LogP contribution is 2.38. The van der Waals surface area contributed by atoms with Gasteiger partial charge in [-0.2, -0.15) is 0 Å². The fourth-order valence-corrected chi connectivity index (χ4v) is 3.58. The molecule has 1 aliphatic rings. The Bertz CT molecular complexity index is 778. The predicted molar refractivity (Wildman–Crippen MR) is 85.7 cm³/mol. The average Bonchev–Trinajstić information content (AvgIpc) is 2.62. The first-order valence-electron chi connectivity index (χ1n) is 7.06. The van der Waals surface area contributed by atoms with Crippen LogP contribution < -0.4 is 0 Å². The molecular weight excluding hydrogens is 296 g/mol. The summed E-state index contributed by atoms with van der Waals surface area (Å²) in [7, 11) is 0. The summed E-state index contributed by atoms with van der Waals surface area (Å²) < 4.78 is 0. The summed E-state index contributed by atoms with van der Waals surface area (Å²) in [6, 6.07) is 13.2. The Morgan fingerprint density at radius 2 is 1.86 bits per heavy atom. The van der Waals surface area contributed by atoms with Crippen LogP contribution in [0.1, 0.15) is 35.3 Å². The molecule has 22 heavy (non-hydrogen) atoms. The van der Waals surface area contributed by atoms with E-state index in [2.05, 4.69) is 0 Å². The highest BCUT2D eigenvalue weighted by Gasteiger charge is 2.30. The van der Waals surface area contributed by atoms with Gasteiger partial charge in [0.2, 0.25) is 0 Å². The number of hydrogen-bond donors (Lipinski definition) is 1. The molecule has 0 radical (unpaired) electrons. The quantitative estimate of drug-likeness (QED) is 0.912. The third-order valence-electron chi connectivity index (χ3n) is 4.08. The monoisotopic (exact) mass is 312 g/mol. The van der Waals surface area contributed by atoms with Crippen LogP contribution in [0.3, 0.4) is 0 Å². The lowest BCUT2D eigenvalue weighted by atomic mass is 9.83. The number of carboxylic acids is 1. The van der Waals surface area contributed by atoms with E-state index in [0.717, 1.165) is 26.5 Å². The van der Waals surface area contributed by atoms with Gasteiger partial charge in [-0.25, -0.2) is 0 Å². The van der Waals surface area contributed by atoms with Crippen molar-refractivity contribution >= 4 is 23.5 Å². The first-order valence-corrected chi connectivity index (χ1v) is 7.88. The number of Topliss-reactive ketones (excluding diaryl/α,β-unsaturated/α-hetero) is 1. The van der Waals surface area contributed by atoms with Crippen molar-refractivity contribution in [2.45, 2.75) is 35.5 Å². The molecule has 0 saturated heterocycles. The van der Waals surface area contributed by atoms with Crippen LogP contribution in [0.25, 0.3) is 0 Å². The van der Waals surface area contributed by atoms with E-state index in [1.807, 2.05) is 42.5 Å². The molecule has 0 fully saturated rings. The van der Waals surface area contributed by atoms with Gasteiger partial charge in [0.15, 0.2) is 5.78 Å². The van der Waals surface area contributed by atoms with Crippen LogP contribution in [0, 0.1) is 0 Å². The molecule has 0 aromatic heterocycles. The summed E-state index contributed by atoms with van der Waals surface area (Å²) in [5, 5.41) is 9.38. The van der Waals surface area contributed by atoms with Gasteiger partial charge in [-0.05, 0) is 37.1 Å². The lowest BCUT2D eigenvalue weighted by Crippen LogP contribution is -2.28. The summed E-state index contributed by atoms with van der Waals surface area (Å²) in [5.74, 6) is -0.796. The van der Waals surface area contributed by atoms with Crippen LogP contribution in [0.4, 0.5) is 0 Å². The number of aliphatic carboxylic acids is 1. The molecule has 1 aliphatic heterocycles. The number of carboxylic acid groups (broad SMARTS) is 1. The summed E-state index contributed by atoms with van der Waals surface area (Å²) in [4.78, 5) is 25.8. The third kappa shape index (κ3) is 2.44. The van der Waals surface area contributed by atoms with Gasteiger partial charge in [0, 0.05) is 21.8 Å². The normalized spacial score (nSPS) is 14.0. The van der Waals surface area contributed by atoms with Gasteiger partial charge in [0.1, 0.15) is 0 Å². The van der Waals surface area contributed by atoms with Gasteiger partial charge >= 0.3 is 5.97 Å². The number of benzene rings is 2. The molecule has 3 nitrogen and oxygen atoms in total. The Balaban J connectivity index is 2.08. The third-order valence-corrected chi connectivity index (χ3v) is 5.27. The smallest absolute Gasteiger partial charge is 0.313 e. The van der Waals surface area contributed by atoms with Crippen molar-refractivity contribution in [2.24, 2.45) is 0 Å². The van der Waals surface area contributed by atoms with E-state index in [9.17, 15) is 14.7 Å². The fraction of sp³-hybridized carbons (Fsp3) is 0.222. The number of ketones is 1. The van der Waals surface area contributed by atoms with Crippen LogP contribution in [-0.4, -0.2) is 16.9 Å². The van der Waals surface area contributed by atoms with Gasteiger partial charge in [0.05, 0.1) is 5.41 Å². The minimum atomic E-state index is -0.970. The van der Waals surface area contributed by atoms with Crippen molar-refractivity contribution in [3.8, 4) is 0 Å². The molecule has 4 heteroatoms. The lowest BCUT2D eigenvalue weighted by Gasteiger charge is -2.21. The van der Waals surface area contributed by atoms with E-state index >= 15 is 0 Å². The van der Waals surface area contributed by atoms with Crippen LogP contribution in [0.2, 0.25) is 0 Å². The van der Waals surface area contributed by atoms with Crippen molar-refractivity contribution in [2.75, 3.05) is 0 Å². The Labute approximate surface area is 133 Å². The highest BCUT2D eigenvalue weighted by atomic mass is 32.2. The Kier molecular flexibility index (Phi) is 3.57. The zero-order valence-corrected chi connectivity index (χ0v) is 13.2. The van der Waals surface area contributed by atoms with E-state index in [1.165, 1.54) is 0 Å². The van der Waals surface area contributed by atoms with Crippen molar-refractivity contribution in [1.29, 1.82) is 0 Å². The maximum absolute atomic E-state index is 12.4. The Morgan fingerprint density at radius 1 is 1.14 bits per heavy atom. The molecule has 0 aliphatic carbocycles. The molecule has 0 spiro atoms. The van der Waals surface area contributed by atoms with Crippen LogP contribution in [-0.2, 0) is 16.6 Å². The van der Waals surface area contributed by atoms with E-state index < -0.39 is 11.4 Å². The largest absolute Gasteiger partial charge is 0.481 e. The standard InChI is InChI=1S/C18H16O3S/c1-18(2,17(20)21)12-7-8-15-11(9-12)10-14(19)13-5-3-4-6-16(13)22-15/h3-9H,10H2,1-2H3,(H,20,21). The molecule has 2 aromatic rings. The zero-order valence-electron chi connectivity index (χ0n) is 12.4. The summed E-state index contributed by atoms with van der Waals surface area (Å²) in [6.45, 7) is 3.36. The van der Waals surface area contributed by atoms with Gasteiger partial charge < -0.3 is 5.11 Å². The van der Waals surface area contributed by atoms with E-state index in [-0.39, 0.29) is 5.78 Å². The molecule has 0 bridgehead atoms. The SMILES string of the molecule is CC(C)(C(=O)O)c1ccc2c(c1)CC(=O)c1ccccc1S2. The number of rotatable bonds is 2. The Morgan fingerprint density at radius 3 is 2.59 bits per heavy atom. The topological polar surface area (TPSA) is 54.4 Å². The molecule has 0 saturated carbocycles. The zero-order chi connectivity index (χ0) is 15.9. The van der Waals surface area contributed by atoms with Gasteiger partial charge in [-0.3, -0.25) is 9.59 Å². The summed E-state index contributed by atoms with van der Waals surface area (Å²) >= 11 is 1.57. The van der Waals surface area contributed by atoms with E-state index in [4.69, 9.17) is 0 Å². The molecule has 3 rings (SSSR count). The second-order valence-corrected chi connectivity index (χ2v) is 7.03. The molecule has 2 aromatic carbocycles. The van der Waals surface area contributed by atoms with E-state index in [0.29, 0.717) is 6.42 Å². The number of hydrogen-bond acceptors (Lipinski definition) is 3. The first kappa shape index (κ1) is 14.9. The summed E-state index contributed by atoms with van der Waals surface area (Å²) in [5.41, 5.74) is 1.39. The lowest BCUT2D eigenvalue weighted by molar-refractivity contribution is -0.142. The maximum atomic E-state index is 12.4. The number of carbonyl (C=O) groups excluding carboxylic acids is 1. The predicted octanol–water partition coefficient (Wildman–Crippen LogP) is 3.94. The molecule has 0 unspecified atom stereocenters. The molecule has 112 valence electrons. The second-order valence-electron chi connectivity index (χ2n) is 5.95. The number of carbonyl (C=O) groups is 2. The number of fused-ring (bicyclic) bond motifs is 2. The molecule has 1 heterocycles. The van der Waals surface area contributed by atoms with Gasteiger partial charge in [-0.15, -0.1) is 0 Å². The van der Waals surface area contributed by atoms with Gasteiger partial charge in [0.25, 0.3) is 0 Å². The van der Waals surface area contributed by atoms with Crippen molar-refractivity contribution in [1.82, 2.24) is 0 Å². The summed E-state index contributed by atoms with van der Waals surface area (Å²) in [6.07, 6.45) is 0.308. The maximum Gasteiger partial charge on any atom is 0.313 e. The first-order chi connectivity index (χ1) is 10.4. The second kappa shape index (κ2) is 5.29. The van der Waals surface area contributed by atoms with Gasteiger partial charge in [-0.1, -0.05) is 42.1 Å².